The van der Waals surface area contributed by atoms with Crippen molar-refractivity contribution in [3.63, 3.8) is 0 Å². The van der Waals surface area contributed by atoms with Gasteiger partial charge in [-0.2, -0.15) is 0 Å². The number of hydrogen-bond acceptors (Lipinski definition) is 3. The van der Waals surface area contributed by atoms with E-state index >= 15 is 0 Å². The number of halogens is 2. The summed E-state index contributed by atoms with van der Waals surface area (Å²) in [6.45, 7) is 0.325. The van der Waals surface area contributed by atoms with E-state index < -0.39 is 0 Å². The number of amides is 1. The van der Waals surface area contributed by atoms with Gasteiger partial charge >= 0.3 is 0 Å². The minimum atomic E-state index is -0.319. The van der Waals surface area contributed by atoms with Crippen LogP contribution in [0.5, 0.6) is 0 Å². The highest BCUT2D eigenvalue weighted by Gasteiger charge is 2.10. The fourth-order valence-electron chi connectivity index (χ4n) is 2.32. The predicted octanol–water partition coefficient (Wildman–Crippen LogP) is 5.53. The van der Waals surface area contributed by atoms with Gasteiger partial charge in [-0.3, -0.25) is 9.59 Å². The highest BCUT2D eigenvalue weighted by molar-refractivity contribution is 8.13. The van der Waals surface area contributed by atoms with E-state index in [0.717, 1.165) is 22.2 Å². The monoisotopic (exact) mass is 404 g/mol. The second kappa shape index (κ2) is 8.45. The molecule has 1 amide bonds. The van der Waals surface area contributed by atoms with Crippen molar-refractivity contribution >= 4 is 45.9 Å². The number of anilines is 1. The van der Waals surface area contributed by atoms with Crippen molar-refractivity contribution in [2.75, 3.05) is 5.32 Å². The fraction of sp³-hybridized carbons (Fsp3) is 0.0526. The highest BCUT2D eigenvalue weighted by atomic mass is 35.5. The van der Waals surface area contributed by atoms with Gasteiger partial charge in [0, 0.05) is 11.1 Å². The first-order valence-corrected chi connectivity index (χ1v) is 9.27. The third kappa shape index (κ3) is 4.69. The molecule has 1 heterocycles. The minimum Gasteiger partial charge on any atom is -0.312 e. The SMILES string of the molecule is O=C(Nc1cccn(Cc2ccc(Cl)c(Cl)c2)c1=O)Sc1ccccc1. The van der Waals surface area contributed by atoms with Gasteiger partial charge < -0.3 is 9.88 Å². The number of nitrogens with one attached hydrogen (secondary N) is 1. The van der Waals surface area contributed by atoms with Crippen LogP contribution in [0.25, 0.3) is 0 Å². The van der Waals surface area contributed by atoms with Gasteiger partial charge in [0.2, 0.25) is 0 Å². The molecule has 0 radical (unpaired) electrons. The number of carbonyl (C=O) groups excluding carboxylic acids is 1. The summed E-state index contributed by atoms with van der Waals surface area (Å²) in [7, 11) is 0. The second-order valence-electron chi connectivity index (χ2n) is 5.43. The van der Waals surface area contributed by atoms with Crippen LogP contribution in [0.3, 0.4) is 0 Å². The van der Waals surface area contributed by atoms with Gasteiger partial charge in [-0.15, -0.1) is 0 Å². The smallest absolute Gasteiger partial charge is 0.288 e. The Bertz CT molecular complexity index is 990. The van der Waals surface area contributed by atoms with E-state index in [2.05, 4.69) is 5.32 Å². The highest BCUT2D eigenvalue weighted by Crippen LogP contribution is 2.23. The van der Waals surface area contributed by atoms with Crippen LogP contribution in [0, 0.1) is 0 Å². The molecule has 0 atom stereocenters. The molecule has 0 bridgehead atoms. The zero-order valence-corrected chi connectivity index (χ0v) is 15.8. The Hall–Kier alpha value is -2.21. The summed E-state index contributed by atoms with van der Waals surface area (Å²) in [5, 5.41) is 3.22. The maximum atomic E-state index is 12.6. The molecular weight excluding hydrogens is 391 g/mol. The average molecular weight is 405 g/mol. The van der Waals surface area contributed by atoms with Crippen LogP contribution >= 0.6 is 35.0 Å². The van der Waals surface area contributed by atoms with Gasteiger partial charge in [0.05, 0.1) is 16.6 Å². The van der Waals surface area contributed by atoms with Gasteiger partial charge in [0.1, 0.15) is 5.69 Å². The van der Waals surface area contributed by atoms with Gasteiger partial charge in [-0.05, 0) is 53.7 Å². The van der Waals surface area contributed by atoms with Crippen LogP contribution in [0.2, 0.25) is 10.0 Å². The number of benzene rings is 2. The number of aromatic nitrogens is 1. The molecule has 3 aromatic rings. The molecule has 0 aliphatic heterocycles. The Morgan fingerprint density at radius 3 is 2.50 bits per heavy atom. The second-order valence-corrected chi connectivity index (χ2v) is 7.29. The van der Waals surface area contributed by atoms with E-state index in [1.165, 1.54) is 4.57 Å². The molecule has 4 nitrogen and oxygen atoms in total. The zero-order chi connectivity index (χ0) is 18.5. The summed E-state index contributed by atoms with van der Waals surface area (Å²) in [5.41, 5.74) is 0.769. The molecule has 0 saturated carbocycles. The molecule has 2 aromatic carbocycles. The number of pyridine rings is 1. The number of carbonyl (C=O) groups is 1. The lowest BCUT2D eigenvalue weighted by Gasteiger charge is -2.10. The summed E-state index contributed by atoms with van der Waals surface area (Å²) in [6, 6.07) is 17.7. The Morgan fingerprint density at radius 1 is 1.00 bits per heavy atom. The summed E-state index contributed by atoms with van der Waals surface area (Å²) >= 11 is 13.0. The maximum Gasteiger partial charge on any atom is 0.288 e. The van der Waals surface area contributed by atoms with Gasteiger partial charge in [-0.25, -0.2) is 0 Å². The van der Waals surface area contributed by atoms with E-state index in [-0.39, 0.29) is 16.5 Å². The van der Waals surface area contributed by atoms with E-state index in [1.807, 2.05) is 30.3 Å². The van der Waals surface area contributed by atoms with Crippen LogP contribution in [-0.2, 0) is 6.54 Å². The molecule has 0 aliphatic carbocycles. The lowest BCUT2D eigenvalue weighted by Crippen LogP contribution is -2.24. The largest absolute Gasteiger partial charge is 0.312 e. The zero-order valence-electron chi connectivity index (χ0n) is 13.5. The molecule has 0 unspecified atom stereocenters. The minimum absolute atomic E-state index is 0.223. The molecule has 7 heteroatoms. The quantitative estimate of drug-likeness (QED) is 0.581. The van der Waals surface area contributed by atoms with E-state index in [0.29, 0.717) is 16.6 Å². The van der Waals surface area contributed by atoms with Crippen LogP contribution in [0.15, 0.2) is 76.6 Å². The molecule has 0 aliphatic rings. The van der Waals surface area contributed by atoms with Crippen molar-refractivity contribution in [3.8, 4) is 0 Å². The first-order chi connectivity index (χ1) is 12.5. The normalized spacial score (nSPS) is 10.5. The van der Waals surface area contributed by atoms with Gasteiger partial charge in [0.25, 0.3) is 10.8 Å². The number of thioether (sulfide) groups is 1. The van der Waals surface area contributed by atoms with Crippen molar-refractivity contribution in [1.29, 1.82) is 0 Å². The molecule has 0 fully saturated rings. The predicted molar refractivity (Wildman–Crippen MR) is 108 cm³/mol. The van der Waals surface area contributed by atoms with Crippen LogP contribution in [0.4, 0.5) is 10.5 Å². The standard InChI is InChI=1S/C19H14Cl2N2O2S/c20-15-9-8-13(11-16(15)21)12-23-10-4-7-17(18(23)24)22-19(25)26-14-5-2-1-3-6-14/h1-11H,12H2,(H,22,25). The van der Waals surface area contributed by atoms with Crippen LogP contribution < -0.4 is 10.9 Å². The van der Waals surface area contributed by atoms with Crippen molar-refractivity contribution in [2.24, 2.45) is 0 Å². The molecule has 0 saturated heterocycles. The Labute approximate surface area is 164 Å². The lowest BCUT2D eigenvalue weighted by molar-refractivity contribution is 0.269. The molecule has 26 heavy (non-hydrogen) atoms. The maximum absolute atomic E-state index is 12.6. The van der Waals surface area contributed by atoms with Gasteiger partial charge in [0.15, 0.2) is 0 Å². The lowest BCUT2D eigenvalue weighted by atomic mass is 10.2. The first-order valence-electron chi connectivity index (χ1n) is 7.70. The first kappa shape index (κ1) is 18.6. The van der Waals surface area contributed by atoms with Crippen molar-refractivity contribution in [1.82, 2.24) is 4.57 Å². The van der Waals surface area contributed by atoms with Crippen molar-refractivity contribution in [2.45, 2.75) is 11.4 Å². The van der Waals surface area contributed by atoms with Crippen LogP contribution in [-0.4, -0.2) is 9.81 Å². The number of nitrogens with zero attached hydrogens (tertiary/aromatic N) is 1. The third-order valence-corrected chi connectivity index (χ3v) is 5.08. The summed E-state index contributed by atoms with van der Waals surface area (Å²) < 4.78 is 1.50. The summed E-state index contributed by atoms with van der Waals surface area (Å²) in [6.07, 6.45) is 1.66. The van der Waals surface area contributed by atoms with E-state index in [4.69, 9.17) is 23.2 Å². The average Bonchev–Trinajstić information content (AvgIpc) is 2.62. The molecule has 1 aromatic heterocycles. The molecule has 3 rings (SSSR count). The topological polar surface area (TPSA) is 51.1 Å². The molecule has 0 spiro atoms. The molecule has 1 N–H and O–H groups in total. The molecule has 132 valence electrons. The van der Waals surface area contributed by atoms with Crippen LogP contribution in [0.1, 0.15) is 5.56 Å². The Kier molecular flexibility index (Phi) is 6.04. The fourth-order valence-corrected chi connectivity index (χ4v) is 3.31. The number of hydrogen-bond donors (Lipinski definition) is 1. The summed E-state index contributed by atoms with van der Waals surface area (Å²) in [4.78, 5) is 25.6. The van der Waals surface area contributed by atoms with Crippen molar-refractivity contribution < 1.29 is 4.79 Å². The summed E-state index contributed by atoms with van der Waals surface area (Å²) in [5.74, 6) is 0. The number of rotatable bonds is 4. The van der Waals surface area contributed by atoms with E-state index in [1.54, 1.807) is 36.5 Å². The van der Waals surface area contributed by atoms with Gasteiger partial charge in [-0.1, -0.05) is 47.5 Å². The van der Waals surface area contributed by atoms with E-state index in [9.17, 15) is 9.59 Å². The molecular formula is C19H14Cl2N2O2S. The third-order valence-electron chi connectivity index (χ3n) is 3.55. The Morgan fingerprint density at radius 2 is 1.77 bits per heavy atom. The Balaban J connectivity index is 1.75. The van der Waals surface area contributed by atoms with Crippen molar-refractivity contribution in [3.05, 3.63) is 92.8 Å².